The Kier molecular flexibility index (Phi) is 4.63. The van der Waals surface area contributed by atoms with E-state index >= 15 is 0 Å². The molecule has 120 valence electrons. The lowest BCUT2D eigenvalue weighted by Crippen LogP contribution is -2.37. The smallest absolute Gasteiger partial charge is 0.237 e. The summed E-state index contributed by atoms with van der Waals surface area (Å²) < 4.78 is 12.6. The molecule has 0 saturated carbocycles. The predicted octanol–water partition coefficient (Wildman–Crippen LogP) is 1.45. The monoisotopic (exact) mass is 324 g/mol. The summed E-state index contributed by atoms with van der Waals surface area (Å²) in [6.07, 6.45) is 0. The first-order valence-corrected chi connectivity index (χ1v) is 8.31. The Morgan fingerprint density at radius 3 is 2.68 bits per heavy atom. The van der Waals surface area contributed by atoms with Crippen molar-refractivity contribution in [2.45, 2.75) is 30.7 Å². The molecule has 0 aliphatic carbocycles. The fourth-order valence-electron chi connectivity index (χ4n) is 2.16. The van der Waals surface area contributed by atoms with Crippen molar-refractivity contribution >= 4 is 17.7 Å². The highest BCUT2D eigenvalue weighted by atomic mass is 32.2. The lowest BCUT2D eigenvalue weighted by atomic mass is 10.2. The molecule has 0 N–H and O–H groups in total. The van der Waals surface area contributed by atoms with Crippen LogP contribution in [0, 0.1) is 0 Å². The molecule has 0 aromatic carbocycles. The third kappa shape index (κ3) is 3.25. The van der Waals surface area contributed by atoms with Crippen molar-refractivity contribution in [1.82, 2.24) is 24.9 Å². The number of thioether (sulfide) groups is 1. The molecule has 0 amide bonds. The quantitative estimate of drug-likeness (QED) is 0.764. The van der Waals surface area contributed by atoms with Crippen molar-refractivity contribution in [1.29, 1.82) is 0 Å². The van der Waals surface area contributed by atoms with E-state index in [1.807, 2.05) is 25.5 Å². The van der Waals surface area contributed by atoms with Gasteiger partial charge in [-0.15, -0.1) is 10.2 Å². The average molecular weight is 324 g/mol. The Balaban J connectivity index is 1.64. The van der Waals surface area contributed by atoms with Crippen LogP contribution in [0.2, 0.25) is 0 Å². The van der Waals surface area contributed by atoms with Gasteiger partial charge >= 0.3 is 0 Å². The number of morpholine rings is 1. The zero-order valence-corrected chi connectivity index (χ0v) is 13.8. The SMILES string of the molecule is CC(C)c1noc(CSc2nnc(N3CCOCC3)n2C)n1. The molecule has 1 saturated heterocycles. The molecular formula is C13H20N6O2S. The first-order chi connectivity index (χ1) is 10.6. The highest BCUT2D eigenvalue weighted by molar-refractivity contribution is 7.98. The number of anilines is 1. The summed E-state index contributed by atoms with van der Waals surface area (Å²) in [5, 5.41) is 13.3. The van der Waals surface area contributed by atoms with Crippen molar-refractivity contribution in [3.8, 4) is 0 Å². The Morgan fingerprint density at radius 1 is 1.23 bits per heavy atom. The first-order valence-electron chi connectivity index (χ1n) is 7.32. The van der Waals surface area contributed by atoms with Gasteiger partial charge in [0.05, 0.1) is 19.0 Å². The fraction of sp³-hybridized carbons (Fsp3) is 0.692. The van der Waals surface area contributed by atoms with Crippen LogP contribution in [0.3, 0.4) is 0 Å². The number of ether oxygens (including phenoxy) is 1. The van der Waals surface area contributed by atoms with Gasteiger partial charge in [0.2, 0.25) is 11.8 Å². The van der Waals surface area contributed by atoms with Gasteiger partial charge in [0.15, 0.2) is 11.0 Å². The van der Waals surface area contributed by atoms with Crippen LogP contribution in [0.15, 0.2) is 9.68 Å². The molecule has 2 aromatic heterocycles. The van der Waals surface area contributed by atoms with Gasteiger partial charge in [0, 0.05) is 26.1 Å². The third-order valence-electron chi connectivity index (χ3n) is 3.43. The molecule has 3 heterocycles. The number of aromatic nitrogens is 5. The van der Waals surface area contributed by atoms with Crippen molar-refractivity contribution in [3.63, 3.8) is 0 Å². The van der Waals surface area contributed by atoms with Crippen LogP contribution in [0.4, 0.5) is 5.95 Å². The number of hydrogen-bond acceptors (Lipinski definition) is 8. The Morgan fingerprint density at radius 2 is 2.00 bits per heavy atom. The molecule has 0 spiro atoms. The van der Waals surface area contributed by atoms with E-state index in [1.165, 1.54) is 0 Å². The Labute approximate surface area is 133 Å². The van der Waals surface area contributed by atoms with Gasteiger partial charge < -0.3 is 14.2 Å². The van der Waals surface area contributed by atoms with Crippen LogP contribution in [-0.4, -0.2) is 51.2 Å². The van der Waals surface area contributed by atoms with E-state index in [-0.39, 0.29) is 5.92 Å². The number of hydrogen-bond donors (Lipinski definition) is 0. The van der Waals surface area contributed by atoms with Crippen LogP contribution in [0.25, 0.3) is 0 Å². The van der Waals surface area contributed by atoms with E-state index in [2.05, 4.69) is 25.2 Å². The third-order valence-corrected chi connectivity index (χ3v) is 4.44. The first kappa shape index (κ1) is 15.3. The van der Waals surface area contributed by atoms with E-state index in [9.17, 15) is 0 Å². The lowest BCUT2D eigenvalue weighted by molar-refractivity contribution is 0.121. The summed E-state index contributed by atoms with van der Waals surface area (Å²) in [6, 6.07) is 0. The summed E-state index contributed by atoms with van der Waals surface area (Å²) >= 11 is 1.55. The largest absolute Gasteiger partial charge is 0.378 e. The Bertz CT molecular complexity index is 620. The summed E-state index contributed by atoms with van der Waals surface area (Å²) in [6.45, 7) is 7.23. The van der Waals surface area contributed by atoms with E-state index in [0.29, 0.717) is 11.6 Å². The molecule has 1 aliphatic rings. The molecular weight excluding hydrogens is 304 g/mol. The molecule has 1 aliphatic heterocycles. The molecule has 22 heavy (non-hydrogen) atoms. The fourth-order valence-corrected chi connectivity index (χ4v) is 2.90. The minimum absolute atomic E-state index is 0.269. The zero-order valence-electron chi connectivity index (χ0n) is 13.0. The average Bonchev–Trinajstić information content (AvgIpc) is 3.13. The maximum Gasteiger partial charge on any atom is 0.237 e. The van der Waals surface area contributed by atoms with E-state index in [0.717, 1.165) is 43.2 Å². The van der Waals surface area contributed by atoms with Gasteiger partial charge in [-0.05, 0) is 0 Å². The molecule has 8 nitrogen and oxygen atoms in total. The number of nitrogens with zero attached hydrogens (tertiary/aromatic N) is 6. The summed E-state index contributed by atoms with van der Waals surface area (Å²) in [5.74, 6) is 3.09. The van der Waals surface area contributed by atoms with Gasteiger partial charge in [-0.2, -0.15) is 4.98 Å². The van der Waals surface area contributed by atoms with Crippen molar-refractivity contribution in [2.24, 2.45) is 7.05 Å². The minimum atomic E-state index is 0.269. The summed E-state index contributed by atoms with van der Waals surface area (Å²) in [7, 11) is 1.97. The van der Waals surface area contributed by atoms with Gasteiger partial charge in [0.25, 0.3) is 0 Å². The second-order valence-electron chi connectivity index (χ2n) is 5.43. The molecule has 2 aromatic rings. The van der Waals surface area contributed by atoms with Crippen LogP contribution in [0.5, 0.6) is 0 Å². The highest BCUT2D eigenvalue weighted by Crippen LogP contribution is 2.24. The van der Waals surface area contributed by atoms with E-state index < -0.39 is 0 Å². The van der Waals surface area contributed by atoms with Gasteiger partial charge in [-0.3, -0.25) is 4.57 Å². The van der Waals surface area contributed by atoms with Crippen molar-refractivity contribution in [2.75, 3.05) is 31.2 Å². The highest BCUT2D eigenvalue weighted by Gasteiger charge is 2.19. The predicted molar refractivity (Wildman–Crippen MR) is 82.0 cm³/mol. The normalized spacial score (nSPS) is 15.7. The van der Waals surface area contributed by atoms with E-state index in [1.54, 1.807) is 11.8 Å². The summed E-state index contributed by atoms with van der Waals surface area (Å²) in [4.78, 5) is 6.55. The maximum absolute atomic E-state index is 5.36. The molecule has 0 unspecified atom stereocenters. The van der Waals surface area contributed by atoms with Crippen LogP contribution >= 0.6 is 11.8 Å². The minimum Gasteiger partial charge on any atom is -0.378 e. The maximum atomic E-state index is 5.36. The van der Waals surface area contributed by atoms with Crippen LogP contribution in [-0.2, 0) is 17.5 Å². The lowest BCUT2D eigenvalue weighted by Gasteiger charge is -2.27. The molecule has 9 heteroatoms. The van der Waals surface area contributed by atoms with Gasteiger partial charge in [0.1, 0.15) is 0 Å². The van der Waals surface area contributed by atoms with Gasteiger partial charge in [-0.25, -0.2) is 0 Å². The van der Waals surface area contributed by atoms with Crippen molar-refractivity contribution < 1.29 is 9.26 Å². The topological polar surface area (TPSA) is 82.1 Å². The Hall–Kier alpha value is -1.61. The van der Waals surface area contributed by atoms with E-state index in [4.69, 9.17) is 9.26 Å². The molecule has 0 bridgehead atoms. The zero-order chi connectivity index (χ0) is 15.5. The molecule has 0 atom stereocenters. The van der Waals surface area contributed by atoms with Crippen LogP contribution < -0.4 is 4.90 Å². The molecule has 1 fully saturated rings. The van der Waals surface area contributed by atoms with Crippen molar-refractivity contribution in [3.05, 3.63) is 11.7 Å². The number of rotatable bonds is 5. The molecule has 0 radical (unpaired) electrons. The van der Waals surface area contributed by atoms with Gasteiger partial charge in [-0.1, -0.05) is 30.8 Å². The van der Waals surface area contributed by atoms with Crippen LogP contribution in [0.1, 0.15) is 31.5 Å². The second kappa shape index (κ2) is 6.66. The summed E-state index contributed by atoms with van der Waals surface area (Å²) in [5.41, 5.74) is 0. The molecule has 3 rings (SSSR count). The second-order valence-corrected chi connectivity index (χ2v) is 6.37. The standard InChI is InChI=1S/C13H20N6O2S/c1-9(2)11-14-10(21-17-11)8-22-13-16-15-12(18(13)3)19-4-6-20-7-5-19/h9H,4-8H2,1-3H3.